The van der Waals surface area contributed by atoms with Gasteiger partial charge in [-0.2, -0.15) is 0 Å². The molecule has 0 radical (unpaired) electrons. The zero-order valence-electron chi connectivity index (χ0n) is 15.2. The van der Waals surface area contributed by atoms with Crippen molar-refractivity contribution in [1.29, 1.82) is 0 Å². The van der Waals surface area contributed by atoms with Gasteiger partial charge in [-0.25, -0.2) is 0 Å². The lowest BCUT2D eigenvalue weighted by Crippen LogP contribution is -2.47. The van der Waals surface area contributed by atoms with Crippen LogP contribution in [0.25, 0.3) is 0 Å². The van der Waals surface area contributed by atoms with Gasteiger partial charge in [0.1, 0.15) is 0 Å². The SMILES string of the molecule is O=C(CN1C[C@H]2CC[C@@H](C1)N(CC1CCC1)C2)NCc1ccccc1. The lowest BCUT2D eigenvalue weighted by Gasteiger charge is -2.40. The number of hydrogen-bond donors (Lipinski definition) is 1. The monoisotopic (exact) mass is 341 g/mol. The number of rotatable bonds is 6. The van der Waals surface area contributed by atoms with Crippen LogP contribution >= 0.6 is 0 Å². The molecule has 1 aromatic rings. The van der Waals surface area contributed by atoms with Crippen LogP contribution in [0.3, 0.4) is 0 Å². The van der Waals surface area contributed by atoms with Crippen LogP contribution in [0, 0.1) is 11.8 Å². The Labute approximate surface area is 151 Å². The fraction of sp³-hybridized carbons (Fsp3) is 0.667. The molecule has 5 rings (SSSR count). The van der Waals surface area contributed by atoms with Crippen LogP contribution in [-0.2, 0) is 11.3 Å². The molecule has 4 aliphatic rings. The summed E-state index contributed by atoms with van der Waals surface area (Å²) >= 11 is 0. The molecule has 25 heavy (non-hydrogen) atoms. The van der Waals surface area contributed by atoms with Crippen molar-refractivity contribution in [3.8, 4) is 0 Å². The summed E-state index contributed by atoms with van der Waals surface area (Å²) < 4.78 is 0. The molecule has 4 heteroatoms. The van der Waals surface area contributed by atoms with E-state index in [1.165, 1.54) is 50.8 Å². The van der Waals surface area contributed by atoms with Gasteiger partial charge in [-0.3, -0.25) is 14.6 Å². The minimum absolute atomic E-state index is 0.163. The first-order chi connectivity index (χ1) is 12.3. The normalized spacial score (nSPS) is 27.7. The van der Waals surface area contributed by atoms with E-state index < -0.39 is 0 Å². The number of nitrogens with one attached hydrogen (secondary N) is 1. The average molecular weight is 341 g/mol. The predicted octanol–water partition coefficient (Wildman–Crippen LogP) is 2.50. The minimum atomic E-state index is 0.163. The maximum Gasteiger partial charge on any atom is 0.234 e. The fourth-order valence-electron chi connectivity index (χ4n) is 4.69. The van der Waals surface area contributed by atoms with E-state index in [0.717, 1.165) is 24.9 Å². The lowest BCUT2D eigenvalue weighted by molar-refractivity contribution is -0.122. The summed E-state index contributed by atoms with van der Waals surface area (Å²) in [5, 5.41) is 3.08. The number of amides is 1. The van der Waals surface area contributed by atoms with Gasteiger partial charge in [-0.1, -0.05) is 36.8 Å². The zero-order chi connectivity index (χ0) is 17.1. The summed E-state index contributed by atoms with van der Waals surface area (Å²) in [6.45, 7) is 5.90. The first-order valence-electron chi connectivity index (χ1n) is 10.0. The Morgan fingerprint density at radius 1 is 1.04 bits per heavy atom. The quantitative estimate of drug-likeness (QED) is 0.863. The number of fused-ring (bicyclic) bond motifs is 4. The van der Waals surface area contributed by atoms with Crippen LogP contribution in [0.15, 0.2) is 30.3 Å². The summed E-state index contributed by atoms with van der Waals surface area (Å²) in [5.41, 5.74) is 1.17. The number of carbonyl (C=O) groups is 1. The summed E-state index contributed by atoms with van der Waals surface area (Å²) in [6, 6.07) is 10.8. The molecule has 0 spiro atoms. The predicted molar refractivity (Wildman–Crippen MR) is 100 cm³/mol. The number of piperidine rings is 1. The molecule has 0 unspecified atom stereocenters. The molecule has 3 heterocycles. The van der Waals surface area contributed by atoms with Gasteiger partial charge in [0, 0.05) is 38.8 Å². The molecule has 0 aromatic heterocycles. The van der Waals surface area contributed by atoms with Crippen LogP contribution in [0.2, 0.25) is 0 Å². The van der Waals surface area contributed by atoms with Crippen LogP contribution < -0.4 is 5.32 Å². The Balaban J connectivity index is 1.27. The minimum Gasteiger partial charge on any atom is -0.351 e. The molecule has 3 aliphatic heterocycles. The first-order valence-corrected chi connectivity index (χ1v) is 10.0. The summed E-state index contributed by atoms with van der Waals surface area (Å²) in [6.07, 6.45) is 6.95. The molecule has 1 aliphatic carbocycles. The van der Waals surface area contributed by atoms with Crippen molar-refractivity contribution in [3.05, 3.63) is 35.9 Å². The van der Waals surface area contributed by atoms with Crippen molar-refractivity contribution in [1.82, 2.24) is 15.1 Å². The molecule has 1 N–H and O–H groups in total. The molecule has 2 bridgehead atoms. The maximum atomic E-state index is 12.4. The fourth-order valence-corrected chi connectivity index (χ4v) is 4.69. The molecule has 1 saturated carbocycles. The average Bonchev–Trinajstić information content (AvgIpc) is 2.87. The van der Waals surface area contributed by atoms with E-state index >= 15 is 0 Å². The highest BCUT2D eigenvalue weighted by atomic mass is 16.2. The molecule has 4 fully saturated rings. The van der Waals surface area contributed by atoms with E-state index in [1.54, 1.807) is 0 Å². The van der Waals surface area contributed by atoms with Crippen LogP contribution in [0.5, 0.6) is 0 Å². The topological polar surface area (TPSA) is 35.6 Å². The Hall–Kier alpha value is -1.39. The van der Waals surface area contributed by atoms with Gasteiger partial charge in [-0.05, 0) is 43.1 Å². The van der Waals surface area contributed by atoms with Gasteiger partial charge in [0.15, 0.2) is 0 Å². The third-order valence-electron chi connectivity index (χ3n) is 6.32. The Morgan fingerprint density at radius 2 is 1.88 bits per heavy atom. The van der Waals surface area contributed by atoms with Gasteiger partial charge >= 0.3 is 0 Å². The standard InChI is InChI=1S/C21H31N3O/c25-21(22-11-17-5-2-1-3-6-17)16-23-12-19-9-10-20(15-23)24(14-19)13-18-7-4-8-18/h1-3,5-6,18-20H,4,7-16H2,(H,22,25)/t19-,20+/m1/s1. The van der Waals surface area contributed by atoms with Gasteiger partial charge in [-0.15, -0.1) is 0 Å². The van der Waals surface area contributed by atoms with Gasteiger partial charge < -0.3 is 5.32 Å². The Bertz CT molecular complexity index is 572. The molecule has 1 aromatic carbocycles. The van der Waals surface area contributed by atoms with Crippen LogP contribution in [-0.4, -0.2) is 54.5 Å². The summed E-state index contributed by atoms with van der Waals surface area (Å²) in [4.78, 5) is 17.5. The molecule has 136 valence electrons. The molecular formula is C21H31N3O. The van der Waals surface area contributed by atoms with E-state index in [4.69, 9.17) is 0 Å². The second-order valence-corrected chi connectivity index (χ2v) is 8.30. The molecule has 3 saturated heterocycles. The van der Waals surface area contributed by atoms with Crippen molar-refractivity contribution in [3.63, 3.8) is 0 Å². The zero-order valence-corrected chi connectivity index (χ0v) is 15.2. The third kappa shape index (κ3) is 4.42. The van der Waals surface area contributed by atoms with E-state index in [9.17, 15) is 4.79 Å². The Kier molecular flexibility index (Phi) is 5.37. The van der Waals surface area contributed by atoms with Crippen molar-refractivity contribution < 1.29 is 4.79 Å². The van der Waals surface area contributed by atoms with Crippen molar-refractivity contribution in [2.75, 3.05) is 32.7 Å². The molecular weight excluding hydrogens is 310 g/mol. The number of hydrogen-bond acceptors (Lipinski definition) is 3. The molecule has 1 amide bonds. The molecule has 4 nitrogen and oxygen atoms in total. The third-order valence-corrected chi connectivity index (χ3v) is 6.32. The summed E-state index contributed by atoms with van der Waals surface area (Å²) in [7, 11) is 0. The number of benzene rings is 1. The second-order valence-electron chi connectivity index (χ2n) is 8.30. The number of carbonyl (C=O) groups excluding carboxylic acids is 1. The van der Waals surface area contributed by atoms with Crippen molar-refractivity contribution in [2.24, 2.45) is 11.8 Å². The Morgan fingerprint density at radius 3 is 2.64 bits per heavy atom. The first kappa shape index (κ1) is 17.0. The van der Waals surface area contributed by atoms with E-state index in [2.05, 4.69) is 27.2 Å². The van der Waals surface area contributed by atoms with Crippen molar-refractivity contribution in [2.45, 2.75) is 44.7 Å². The smallest absolute Gasteiger partial charge is 0.234 e. The highest BCUT2D eigenvalue weighted by molar-refractivity contribution is 5.78. The van der Waals surface area contributed by atoms with Gasteiger partial charge in [0.05, 0.1) is 6.54 Å². The van der Waals surface area contributed by atoms with Crippen molar-refractivity contribution >= 4 is 5.91 Å². The largest absolute Gasteiger partial charge is 0.351 e. The van der Waals surface area contributed by atoms with Gasteiger partial charge in [0.2, 0.25) is 5.91 Å². The summed E-state index contributed by atoms with van der Waals surface area (Å²) in [5.74, 6) is 1.86. The highest BCUT2D eigenvalue weighted by Crippen LogP contribution is 2.33. The van der Waals surface area contributed by atoms with Gasteiger partial charge in [0.25, 0.3) is 0 Å². The van der Waals surface area contributed by atoms with E-state index in [-0.39, 0.29) is 5.91 Å². The lowest BCUT2D eigenvalue weighted by atomic mass is 9.83. The maximum absolute atomic E-state index is 12.4. The highest BCUT2D eigenvalue weighted by Gasteiger charge is 2.36. The van der Waals surface area contributed by atoms with E-state index in [0.29, 0.717) is 19.1 Å². The van der Waals surface area contributed by atoms with E-state index in [1.807, 2.05) is 18.2 Å². The van der Waals surface area contributed by atoms with Crippen LogP contribution in [0.4, 0.5) is 0 Å². The van der Waals surface area contributed by atoms with Crippen LogP contribution in [0.1, 0.15) is 37.7 Å². The second kappa shape index (κ2) is 7.88. The molecule has 2 atom stereocenters. The number of nitrogens with zero attached hydrogens (tertiary/aromatic N) is 2.